The first-order valence-electron chi connectivity index (χ1n) is 12.0. The molecule has 3 aromatic rings. The molecule has 35 heavy (non-hydrogen) atoms. The number of pyridine rings is 1. The summed E-state index contributed by atoms with van der Waals surface area (Å²) in [4.78, 5) is 34.0. The van der Waals surface area contributed by atoms with Gasteiger partial charge in [-0.25, -0.2) is 4.39 Å². The van der Waals surface area contributed by atoms with Crippen LogP contribution in [0.5, 0.6) is 0 Å². The van der Waals surface area contributed by atoms with Crippen LogP contribution in [0.2, 0.25) is 0 Å². The molecule has 5 rings (SSSR count). The molecule has 0 unspecified atom stereocenters. The quantitative estimate of drug-likeness (QED) is 0.561. The summed E-state index contributed by atoms with van der Waals surface area (Å²) in [5.41, 5.74) is 2.97. The van der Waals surface area contributed by atoms with E-state index in [1.165, 1.54) is 12.1 Å². The summed E-state index contributed by atoms with van der Waals surface area (Å²) in [7, 11) is 0. The summed E-state index contributed by atoms with van der Waals surface area (Å²) in [6, 6.07) is 14.5. The number of halogens is 1. The molecule has 1 saturated carbocycles. The zero-order valence-corrected chi connectivity index (χ0v) is 19.9. The van der Waals surface area contributed by atoms with Gasteiger partial charge in [0.2, 0.25) is 5.91 Å². The van der Waals surface area contributed by atoms with Crippen molar-refractivity contribution in [3.8, 4) is 17.2 Å². The number of hydrogen-bond acceptors (Lipinski definition) is 4. The molecular formula is C28H27FN4O2. The monoisotopic (exact) mass is 470 g/mol. The first-order chi connectivity index (χ1) is 16.8. The molecule has 2 aliphatic rings. The largest absolute Gasteiger partial charge is 0.339 e. The molecule has 7 heteroatoms. The molecule has 0 bridgehead atoms. The van der Waals surface area contributed by atoms with Crippen molar-refractivity contribution in [2.75, 3.05) is 26.2 Å². The summed E-state index contributed by atoms with van der Waals surface area (Å²) in [5.74, 6) is -0.576. The Bertz CT molecular complexity index is 1350. The molecule has 1 aliphatic heterocycles. The second-order valence-electron chi connectivity index (χ2n) is 9.75. The van der Waals surface area contributed by atoms with E-state index in [1.54, 1.807) is 22.1 Å². The number of piperazine rings is 1. The highest BCUT2D eigenvalue weighted by atomic mass is 19.1. The van der Waals surface area contributed by atoms with Crippen LogP contribution in [-0.2, 0) is 10.2 Å². The predicted molar refractivity (Wildman–Crippen MR) is 131 cm³/mol. The first-order valence-corrected chi connectivity index (χ1v) is 12.0. The lowest BCUT2D eigenvalue weighted by molar-refractivity contribution is -0.135. The average molecular weight is 471 g/mol. The standard InChI is InChI=1S/C28H27FN4O2/c1-18(2)26(34)32-11-13-33(14-12-32)27(35)23-16-31-24-8-7-21(29)15-22(24)25(23)19-3-5-20(6-4-19)28(17-30)9-10-28/h3-8,15-16,18H,9-14H2,1-2H3. The summed E-state index contributed by atoms with van der Waals surface area (Å²) >= 11 is 0. The Morgan fingerprint density at radius 3 is 2.29 bits per heavy atom. The van der Waals surface area contributed by atoms with E-state index in [9.17, 15) is 19.2 Å². The lowest BCUT2D eigenvalue weighted by Crippen LogP contribution is -2.51. The van der Waals surface area contributed by atoms with E-state index in [0.29, 0.717) is 48.2 Å². The third kappa shape index (κ3) is 4.14. The molecular weight excluding hydrogens is 443 g/mol. The molecule has 0 spiro atoms. The highest BCUT2D eigenvalue weighted by Crippen LogP contribution is 2.48. The van der Waals surface area contributed by atoms with Gasteiger partial charge in [-0.15, -0.1) is 0 Å². The van der Waals surface area contributed by atoms with Crippen molar-refractivity contribution in [2.45, 2.75) is 32.1 Å². The Labute approximate surface area is 204 Å². The fraction of sp³-hybridized carbons (Fsp3) is 0.357. The number of amides is 2. The minimum absolute atomic E-state index is 0.0813. The molecule has 6 nitrogen and oxygen atoms in total. The molecule has 1 aromatic heterocycles. The minimum Gasteiger partial charge on any atom is -0.339 e. The van der Waals surface area contributed by atoms with Gasteiger partial charge in [-0.1, -0.05) is 38.1 Å². The summed E-state index contributed by atoms with van der Waals surface area (Å²) < 4.78 is 14.3. The Hall–Kier alpha value is -3.79. The first kappa shape index (κ1) is 23.0. The molecule has 0 atom stereocenters. The normalized spacial score (nSPS) is 16.9. The maximum Gasteiger partial charge on any atom is 0.256 e. The van der Waals surface area contributed by atoms with Gasteiger partial charge >= 0.3 is 0 Å². The Morgan fingerprint density at radius 2 is 1.69 bits per heavy atom. The zero-order valence-electron chi connectivity index (χ0n) is 19.9. The van der Waals surface area contributed by atoms with Gasteiger partial charge in [-0.3, -0.25) is 14.6 Å². The molecule has 1 saturated heterocycles. The van der Waals surface area contributed by atoms with Gasteiger partial charge in [0.05, 0.1) is 22.6 Å². The van der Waals surface area contributed by atoms with E-state index < -0.39 is 11.2 Å². The van der Waals surface area contributed by atoms with Crippen LogP contribution in [0, 0.1) is 23.1 Å². The van der Waals surface area contributed by atoms with Gasteiger partial charge in [0.15, 0.2) is 0 Å². The van der Waals surface area contributed by atoms with Crippen LogP contribution in [-0.4, -0.2) is 52.8 Å². The minimum atomic E-state index is -0.406. The maximum absolute atomic E-state index is 14.3. The van der Waals surface area contributed by atoms with Crippen molar-refractivity contribution >= 4 is 22.7 Å². The Kier molecular flexibility index (Phi) is 5.76. The van der Waals surface area contributed by atoms with Gasteiger partial charge in [0.25, 0.3) is 5.91 Å². The van der Waals surface area contributed by atoms with E-state index in [4.69, 9.17) is 0 Å². The highest BCUT2D eigenvalue weighted by Gasteiger charge is 2.44. The smallest absolute Gasteiger partial charge is 0.256 e. The number of carbonyl (C=O) groups is 2. The van der Waals surface area contributed by atoms with Crippen LogP contribution >= 0.6 is 0 Å². The molecule has 2 fully saturated rings. The molecule has 0 N–H and O–H groups in total. The SMILES string of the molecule is CC(C)C(=O)N1CCN(C(=O)c2cnc3ccc(F)cc3c2-c2ccc(C3(C#N)CC3)cc2)CC1. The Morgan fingerprint density at radius 1 is 1.03 bits per heavy atom. The van der Waals surface area contributed by atoms with E-state index in [2.05, 4.69) is 11.1 Å². The molecule has 2 aromatic carbocycles. The van der Waals surface area contributed by atoms with Gasteiger partial charge in [-0.2, -0.15) is 5.26 Å². The molecule has 2 amide bonds. The molecule has 178 valence electrons. The number of aromatic nitrogens is 1. The van der Waals surface area contributed by atoms with Crippen LogP contribution < -0.4 is 0 Å². The fourth-order valence-electron chi connectivity index (χ4n) is 4.85. The molecule has 0 radical (unpaired) electrons. The van der Waals surface area contributed by atoms with E-state index in [1.807, 2.05) is 38.1 Å². The number of nitriles is 1. The van der Waals surface area contributed by atoms with E-state index in [0.717, 1.165) is 24.0 Å². The van der Waals surface area contributed by atoms with Gasteiger partial charge in [0, 0.05) is 49.2 Å². The topological polar surface area (TPSA) is 77.3 Å². The van der Waals surface area contributed by atoms with Crippen LogP contribution in [0.15, 0.2) is 48.7 Å². The van der Waals surface area contributed by atoms with Gasteiger partial charge in [-0.05, 0) is 42.2 Å². The van der Waals surface area contributed by atoms with E-state index in [-0.39, 0.29) is 17.7 Å². The van der Waals surface area contributed by atoms with Crippen LogP contribution in [0.3, 0.4) is 0 Å². The second kappa shape index (κ2) is 8.77. The summed E-state index contributed by atoms with van der Waals surface area (Å²) in [5, 5.41) is 10.1. The lowest BCUT2D eigenvalue weighted by atomic mass is 9.91. The lowest BCUT2D eigenvalue weighted by Gasteiger charge is -2.36. The van der Waals surface area contributed by atoms with Crippen molar-refractivity contribution in [1.82, 2.24) is 14.8 Å². The van der Waals surface area contributed by atoms with Crippen molar-refractivity contribution in [3.05, 3.63) is 65.6 Å². The summed E-state index contributed by atoms with van der Waals surface area (Å²) in [6.45, 7) is 5.58. The summed E-state index contributed by atoms with van der Waals surface area (Å²) in [6.07, 6.45) is 3.26. The van der Waals surface area contributed by atoms with E-state index >= 15 is 0 Å². The predicted octanol–water partition coefficient (Wildman–Crippen LogP) is 4.54. The van der Waals surface area contributed by atoms with Gasteiger partial charge < -0.3 is 9.80 Å². The van der Waals surface area contributed by atoms with Crippen LogP contribution in [0.25, 0.3) is 22.0 Å². The van der Waals surface area contributed by atoms with Crippen LogP contribution in [0.1, 0.15) is 42.6 Å². The number of rotatable bonds is 4. The van der Waals surface area contributed by atoms with Crippen molar-refractivity contribution in [1.29, 1.82) is 5.26 Å². The van der Waals surface area contributed by atoms with Crippen molar-refractivity contribution < 1.29 is 14.0 Å². The second-order valence-corrected chi connectivity index (χ2v) is 9.75. The van der Waals surface area contributed by atoms with Gasteiger partial charge in [0.1, 0.15) is 5.82 Å². The highest BCUT2D eigenvalue weighted by molar-refractivity contribution is 6.08. The maximum atomic E-state index is 14.3. The fourth-order valence-corrected chi connectivity index (χ4v) is 4.85. The molecule has 2 heterocycles. The molecule has 1 aliphatic carbocycles. The van der Waals surface area contributed by atoms with Crippen molar-refractivity contribution in [2.24, 2.45) is 5.92 Å². The number of carbonyl (C=O) groups excluding carboxylic acids is 2. The third-order valence-corrected chi connectivity index (χ3v) is 7.12. The third-order valence-electron chi connectivity index (χ3n) is 7.12. The number of hydrogen-bond donors (Lipinski definition) is 0. The Balaban J connectivity index is 1.52. The number of benzene rings is 2. The number of fused-ring (bicyclic) bond motifs is 1. The average Bonchev–Trinajstić information content (AvgIpc) is 3.68. The van der Waals surface area contributed by atoms with Crippen LogP contribution in [0.4, 0.5) is 4.39 Å². The zero-order chi connectivity index (χ0) is 24.7. The number of nitrogens with zero attached hydrogens (tertiary/aromatic N) is 4. The van der Waals surface area contributed by atoms with Crippen molar-refractivity contribution in [3.63, 3.8) is 0 Å².